The molecule has 1 aliphatic rings. The first-order valence-corrected chi connectivity index (χ1v) is 5.31. The van der Waals surface area contributed by atoms with Crippen molar-refractivity contribution >= 4 is 12.8 Å². The van der Waals surface area contributed by atoms with Crippen LogP contribution in [-0.4, -0.2) is 40.4 Å². The Kier molecular flexibility index (Phi) is 3.39. The lowest BCUT2D eigenvalue weighted by Gasteiger charge is -2.31. The summed E-state index contributed by atoms with van der Waals surface area (Å²) >= 11 is 4.32. The summed E-state index contributed by atoms with van der Waals surface area (Å²) in [5.74, 6) is 0. The van der Waals surface area contributed by atoms with E-state index in [1.807, 2.05) is 18.3 Å². The lowest BCUT2D eigenvalue weighted by atomic mass is 10.3. The minimum atomic E-state index is 0.961. The van der Waals surface area contributed by atoms with Crippen LogP contribution in [0.2, 0.25) is 0 Å². The number of nitrogens with zero attached hydrogens (tertiary/aromatic N) is 3. The van der Waals surface area contributed by atoms with Crippen LogP contribution in [0.5, 0.6) is 0 Å². The normalized spacial score (nSPS) is 19.8. The molecule has 0 amide bonds. The van der Waals surface area contributed by atoms with Crippen LogP contribution in [0.4, 0.5) is 0 Å². The average Bonchev–Trinajstić information content (AvgIpc) is 2.23. The molecule has 2 heterocycles. The molecule has 1 aliphatic heterocycles. The molecule has 0 saturated carbocycles. The van der Waals surface area contributed by atoms with Gasteiger partial charge >= 0.3 is 0 Å². The van der Waals surface area contributed by atoms with Gasteiger partial charge in [0.1, 0.15) is 0 Å². The molecule has 0 atom stereocenters. The van der Waals surface area contributed by atoms with E-state index in [4.69, 9.17) is 0 Å². The van der Waals surface area contributed by atoms with E-state index < -0.39 is 0 Å². The highest BCUT2D eigenvalue weighted by Crippen LogP contribution is 2.07. The fraction of sp³-hybridized carbons (Fsp3) is 0.500. The van der Waals surface area contributed by atoms with Gasteiger partial charge in [0.05, 0.1) is 5.69 Å². The Morgan fingerprint density at radius 2 is 2.00 bits per heavy atom. The van der Waals surface area contributed by atoms with E-state index in [9.17, 15) is 0 Å². The van der Waals surface area contributed by atoms with Crippen LogP contribution in [0.15, 0.2) is 24.4 Å². The monoisotopic (exact) mass is 209 g/mol. The molecule has 0 unspecified atom stereocenters. The van der Waals surface area contributed by atoms with E-state index >= 15 is 0 Å². The lowest BCUT2D eigenvalue weighted by molar-refractivity contribution is 0.189. The van der Waals surface area contributed by atoms with Gasteiger partial charge in [0.25, 0.3) is 0 Å². The number of hydrogen-bond donors (Lipinski definition) is 1. The summed E-state index contributed by atoms with van der Waals surface area (Å²) in [6.45, 7) is 5.20. The maximum Gasteiger partial charge on any atom is 0.0543 e. The van der Waals surface area contributed by atoms with Crippen molar-refractivity contribution in [3.63, 3.8) is 0 Å². The molecule has 4 heteroatoms. The largest absolute Gasteiger partial charge is 0.295 e. The minimum absolute atomic E-state index is 0.961. The van der Waals surface area contributed by atoms with Gasteiger partial charge < -0.3 is 0 Å². The molecule has 1 aromatic rings. The third kappa shape index (κ3) is 2.70. The molecule has 1 fully saturated rings. The van der Waals surface area contributed by atoms with E-state index in [0.717, 1.165) is 38.4 Å². The quantitative estimate of drug-likeness (QED) is 0.735. The van der Waals surface area contributed by atoms with Gasteiger partial charge in [-0.2, -0.15) is 0 Å². The van der Waals surface area contributed by atoms with Crippen molar-refractivity contribution in [1.29, 1.82) is 0 Å². The van der Waals surface area contributed by atoms with Crippen LogP contribution in [0.3, 0.4) is 0 Å². The number of piperazine rings is 1. The second-order valence-corrected chi connectivity index (χ2v) is 4.12. The molecule has 0 N–H and O–H groups in total. The molecular formula is C10H15N3S. The van der Waals surface area contributed by atoms with E-state index in [0.29, 0.717) is 0 Å². The van der Waals surface area contributed by atoms with Crippen molar-refractivity contribution in [2.75, 3.05) is 26.2 Å². The first kappa shape index (κ1) is 9.96. The first-order valence-electron chi connectivity index (χ1n) is 4.91. The number of thiol groups is 1. The summed E-state index contributed by atoms with van der Waals surface area (Å²) in [7, 11) is 0. The molecule has 0 spiro atoms. The Bertz CT molecular complexity index is 270. The van der Waals surface area contributed by atoms with Crippen LogP contribution in [0.1, 0.15) is 5.69 Å². The zero-order valence-electron chi connectivity index (χ0n) is 8.13. The highest BCUT2D eigenvalue weighted by molar-refractivity contribution is 7.77. The third-order valence-corrected chi connectivity index (χ3v) is 2.86. The summed E-state index contributed by atoms with van der Waals surface area (Å²) in [6, 6.07) is 6.07. The second kappa shape index (κ2) is 4.77. The Morgan fingerprint density at radius 1 is 1.21 bits per heavy atom. The molecule has 0 bridgehead atoms. The van der Waals surface area contributed by atoms with Crippen molar-refractivity contribution in [1.82, 2.24) is 14.2 Å². The first-order chi connectivity index (χ1) is 6.84. The highest BCUT2D eigenvalue weighted by atomic mass is 32.1. The third-order valence-electron chi connectivity index (χ3n) is 2.46. The lowest BCUT2D eigenvalue weighted by Crippen LogP contribution is -2.41. The van der Waals surface area contributed by atoms with Crippen molar-refractivity contribution in [2.45, 2.75) is 6.54 Å². The van der Waals surface area contributed by atoms with Gasteiger partial charge in [0, 0.05) is 38.9 Å². The van der Waals surface area contributed by atoms with Crippen LogP contribution < -0.4 is 0 Å². The summed E-state index contributed by atoms with van der Waals surface area (Å²) in [4.78, 5) is 6.73. The summed E-state index contributed by atoms with van der Waals surface area (Å²) in [5, 5.41) is 0. The Morgan fingerprint density at radius 3 is 2.64 bits per heavy atom. The number of rotatable bonds is 2. The summed E-state index contributed by atoms with van der Waals surface area (Å²) < 4.78 is 2.06. The SMILES string of the molecule is SN1CCN(Cc2ccccn2)CC1. The van der Waals surface area contributed by atoms with Gasteiger partial charge in [-0.25, -0.2) is 0 Å². The topological polar surface area (TPSA) is 19.4 Å². The van der Waals surface area contributed by atoms with Gasteiger partial charge in [-0.05, 0) is 12.1 Å². The Labute approximate surface area is 90.3 Å². The van der Waals surface area contributed by atoms with E-state index in [-0.39, 0.29) is 0 Å². The number of pyridine rings is 1. The summed E-state index contributed by atoms with van der Waals surface area (Å²) in [5.41, 5.74) is 1.15. The maximum atomic E-state index is 4.32. The summed E-state index contributed by atoms with van der Waals surface area (Å²) in [6.07, 6.45) is 1.85. The standard InChI is InChI=1S/C10H15N3S/c14-13-7-5-12(6-8-13)9-10-3-1-2-4-11-10/h1-4,14H,5-9H2. The fourth-order valence-electron chi connectivity index (χ4n) is 1.62. The van der Waals surface area contributed by atoms with Crippen LogP contribution in [0.25, 0.3) is 0 Å². The molecule has 2 rings (SSSR count). The van der Waals surface area contributed by atoms with Gasteiger partial charge in [0.15, 0.2) is 0 Å². The molecule has 3 nitrogen and oxygen atoms in total. The number of hydrogen-bond acceptors (Lipinski definition) is 4. The van der Waals surface area contributed by atoms with Crippen molar-refractivity contribution in [3.05, 3.63) is 30.1 Å². The fourth-order valence-corrected chi connectivity index (χ4v) is 1.80. The van der Waals surface area contributed by atoms with Crippen molar-refractivity contribution in [3.8, 4) is 0 Å². The zero-order valence-corrected chi connectivity index (χ0v) is 9.03. The Hall–Kier alpha value is -0.580. The van der Waals surface area contributed by atoms with Crippen LogP contribution in [-0.2, 0) is 6.54 Å². The minimum Gasteiger partial charge on any atom is -0.295 e. The van der Waals surface area contributed by atoms with Crippen molar-refractivity contribution in [2.24, 2.45) is 0 Å². The smallest absolute Gasteiger partial charge is 0.0543 e. The molecule has 0 aromatic carbocycles. The molecule has 1 aromatic heterocycles. The van der Waals surface area contributed by atoms with Gasteiger partial charge in [-0.15, -0.1) is 0 Å². The number of aromatic nitrogens is 1. The average molecular weight is 209 g/mol. The van der Waals surface area contributed by atoms with E-state index in [1.165, 1.54) is 0 Å². The Balaban J connectivity index is 1.87. The molecular weight excluding hydrogens is 194 g/mol. The zero-order chi connectivity index (χ0) is 9.80. The van der Waals surface area contributed by atoms with Gasteiger partial charge in [-0.1, -0.05) is 18.9 Å². The molecule has 76 valence electrons. The molecule has 14 heavy (non-hydrogen) atoms. The van der Waals surface area contributed by atoms with Gasteiger partial charge in [0.2, 0.25) is 0 Å². The van der Waals surface area contributed by atoms with Crippen molar-refractivity contribution < 1.29 is 0 Å². The molecule has 0 aliphatic carbocycles. The van der Waals surface area contributed by atoms with Crippen LogP contribution in [0, 0.1) is 0 Å². The van der Waals surface area contributed by atoms with Crippen LogP contribution >= 0.6 is 12.8 Å². The second-order valence-electron chi connectivity index (χ2n) is 3.55. The van der Waals surface area contributed by atoms with E-state index in [1.54, 1.807) is 0 Å². The van der Waals surface area contributed by atoms with Gasteiger partial charge in [-0.3, -0.25) is 14.2 Å². The maximum absolute atomic E-state index is 4.32. The molecule has 0 radical (unpaired) electrons. The highest BCUT2D eigenvalue weighted by Gasteiger charge is 2.14. The van der Waals surface area contributed by atoms with E-state index in [2.05, 4.69) is 33.1 Å². The predicted octanol–water partition coefficient (Wildman–Crippen LogP) is 1.04. The molecule has 1 saturated heterocycles. The predicted molar refractivity (Wildman–Crippen MR) is 60.1 cm³/mol.